The van der Waals surface area contributed by atoms with E-state index in [0.717, 1.165) is 40.9 Å². The first-order valence-electron chi connectivity index (χ1n) is 7.33. The highest BCUT2D eigenvalue weighted by Crippen LogP contribution is 2.46. The van der Waals surface area contributed by atoms with E-state index in [1.54, 1.807) is 14.2 Å². The zero-order valence-corrected chi connectivity index (χ0v) is 12.4. The third-order valence-corrected chi connectivity index (χ3v) is 3.94. The molecule has 0 aliphatic heterocycles. The van der Waals surface area contributed by atoms with Crippen molar-refractivity contribution < 1.29 is 9.47 Å². The van der Waals surface area contributed by atoms with E-state index >= 15 is 0 Å². The molecule has 0 radical (unpaired) electrons. The quantitative estimate of drug-likeness (QED) is 0.821. The second-order valence-corrected chi connectivity index (χ2v) is 5.42. The first kappa shape index (κ1) is 13.2. The van der Waals surface area contributed by atoms with E-state index in [4.69, 9.17) is 14.5 Å². The fraction of sp³-hybridized carbons (Fsp3) is 0.471. The number of fused-ring (bicyclic) bond motifs is 1. The highest BCUT2D eigenvalue weighted by Gasteiger charge is 2.30. The zero-order valence-electron chi connectivity index (χ0n) is 12.4. The Balaban J connectivity index is 2.27. The molecule has 1 aromatic carbocycles. The summed E-state index contributed by atoms with van der Waals surface area (Å²) in [7, 11) is 3.46. The molecule has 3 nitrogen and oxygen atoms in total. The van der Waals surface area contributed by atoms with E-state index in [9.17, 15) is 0 Å². The molecule has 1 fully saturated rings. The average molecular weight is 271 g/mol. The maximum atomic E-state index is 5.71. The van der Waals surface area contributed by atoms with Crippen molar-refractivity contribution in [3.8, 4) is 11.5 Å². The third-order valence-electron chi connectivity index (χ3n) is 3.94. The van der Waals surface area contributed by atoms with Gasteiger partial charge in [0.25, 0.3) is 0 Å². The summed E-state index contributed by atoms with van der Waals surface area (Å²) in [5.74, 6) is 2.46. The number of hydrogen-bond acceptors (Lipinski definition) is 3. The molecule has 1 aliphatic rings. The fourth-order valence-corrected chi connectivity index (χ4v) is 2.80. The van der Waals surface area contributed by atoms with E-state index in [2.05, 4.69) is 19.1 Å². The SMILES string of the molecule is CCCc1c(OC)c(C2CC2)nc2ccc(OC)cc12. The minimum atomic E-state index is 0.590. The number of aryl methyl sites for hydroxylation is 1. The first-order chi connectivity index (χ1) is 9.78. The van der Waals surface area contributed by atoms with E-state index in [-0.39, 0.29) is 0 Å². The van der Waals surface area contributed by atoms with Crippen LogP contribution in [-0.2, 0) is 6.42 Å². The smallest absolute Gasteiger partial charge is 0.144 e. The van der Waals surface area contributed by atoms with Crippen LogP contribution < -0.4 is 9.47 Å². The molecular formula is C17H21NO2. The topological polar surface area (TPSA) is 31.4 Å². The van der Waals surface area contributed by atoms with Gasteiger partial charge in [0.1, 0.15) is 11.5 Å². The number of benzene rings is 1. The lowest BCUT2D eigenvalue weighted by atomic mass is 10.0. The first-order valence-corrected chi connectivity index (χ1v) is 7.33. The molecule has 1 aliphatic carbocycles. The number of ether oxygens (including phenoxy) is 2. The Kier molecular flexibility index (Phi) is 3.51. The standard InChI is InChI=1S/C17H21NO2/c1-4-5-13-14-10-12(19-2)8-9-15(14)18-16(11-6-7-11)17(13)20-3/h8-11H,4-7H2,1-3H3. The molecule has 0 amide bonds. The van der Waals surface area contributed by atoms with Crippen molar-refractivity contribution in [1.82, 2.24) is 4.98 Å². The Labute approximate surface area is 119 Å². The van der Waals surface area contributed by atoms with Crippen LogP contribution >= 0.6 is 0 Å². The van der Waals surface area contributed by atoms with E-state index in [1.165, 1.54) is 18.4 Å². The Bertz CT molecular complexity index is 632. The molecular weight excluding hydrogens is 250 g/mol. The van der Waals surface area contributed by atoms with Crippen molar-refractivity contribution in [3.05, 3.63) is 29.5 Å². The number of nitrogens with zero attached hydrogens (tertiary/aromatic N) is 1. The minimum Gasteiger partial charge on any atom is -0.497 e. The Hall–Kier alpha value is -1.77. The van der Waals surface area contributed by atoms with Crippen LogP contribution in [0.2, 0.25) is 0 Å². The number of hydrogen-bond donors (Lipinski definition) is 0. The molecule has 0 bridgehead atoms. The van der Waals surface area contributed by atoms with Gasteiger partial charge in [0, 0.05) is 16.9 Å². The summed E-state index contributed by atoms with van der Waals surface area (Å²) >= 11 is 0. The molecule has 2 aromatic rings. The van der Waals surface area contributed by atoms with Crippen molar-refractivity contribution >= 4 is 10.9 Å². The second-order valence-electron chi connectivity index (χ2n) is 5.42. The van der Waals surface area contributed by atoms with Gasteiger partial charge in [-0.25, -0.2) is 4.98 Å². The maximum absolute atomic E-state index is 5.71. The zero-order chi connectivity index (χ0) is 14.1. The molecule has 0 atom stereocenters. The van der Waals surface area contributed by atoms with Crippen LogP contribution in [0.5, 0.6) is 11.5 Å². The summed E-state index contributed by atoms with van der Waals surface area (Å²) in [6.07, 6.45) is 4.57. The van der Waals surface area contributed by atoms with Crippen molar-refractivity contribution in [3.63, 3.8) is 0 Å². The maximum Gasteiger partial charge on any atom is 0.144 e. The predicted molar refractivity (Wildman–Crippen MR) is 80.8 cm³/mol. The summed E-state index contributed by atoms with van der Waals surface area (Å²) in [6.45, 7) is 2.20. The molecule has 106 valence electrons. The molecule has 3 rings (SSSR count). The van der Waals surface area contributed by atoms with Crippen LogP contribution in [0.1, 0.15) is 43.4 Å². The summed E-state index contributed by atoms with van der Waals surface area (Å²) in [4.78, 5) is 4.85. The van der Waals surface area contributed by atoms with Gasteiger partial charge in [-0.3, -0.25) is 0 Å². The molecule has 20 heavy (non-hydrogen) atoms. The highest BCUT2D eigenvalue weighted by atomic mass is 16.5. The summed E-state index contributed by atoms with van der Waals surface area (Å²) in [5, 5.41) is 1.16. The van der Waals surface area contributed by atoms with Gasteiger partial charge in [-0.2, -0.15) is 0 Å². The van der Waals surface area contributed by atoms with Crippen LogP contribution in [-0.4, -0.2) is 19.2 Å². The van der Waals surface area contributed by atoms with E-state index in [1.807, 2.05) is 6.07 Å². The summed E-state index contributed by atoms with van der Waals surface area (Å²) in [5.41, 5.74) is 3.48. The van der Waals surface area contributed by atoms with Crippen LogP contribution in [0.15, 0.2) is 18.2 Å². The van der Waals surface area contributed by atoms with Gasteiger partial charge in [0.15, 0.2) is 0 Å². The molecule has 0 N–H and O–H groups in total. The molecule has 0 spiro atoms. The second kappa shape index (κ2) is 5.31. The van der Waals surface area contributed by atoms with Crippen LogP contribution in [0, 0.1) is 0 Å². The van der Waals surface area contributed by atoms with E-state index in [0.29, 0.717) is 5.92 Å². The Morgan fingerprint density at radius 1 is 1.20 bits per heavy atom. The van der Waals surface area contributed by atoms with Crippen LogP contribution in [0.3, 0.4) is 0 Å². The van der Waals surface area contributed by atoms with Gasteiger partial charge in [0.05, 0.1) is 25.4 Å². The Morgan fingerprint density at radius 3 is 2.60 bits per heavy atom. The molecule has 1 saturated carbocycles. The number of rotatable bonds is 5. The van der Waals surface area contributed by atoms with Gasteiger partial charge in [-0.1, -0.05) is 13.3 Å². The molecule has 0 unspecified atom stereocenters. The normalized spacial score (nSPS) is 14.6. The molecule has 0 saturated heterocycles. The van der Waals surface area contributed by atoms with Gasteiger partial charge in [0.2, 0.25) is 0 Å². The monoisotopic (exact) mass is 271 g/mol. The van der Waals surface area contributed by atoms with Crippen molar-refractivity contribution in [2.75, 3.05) is 14.2 Å². The van der Waals surface area contributed by atoms with Crippen molar-refractivity contribution in [1.29, 1.82) is 0 Å². The third kappa shape index (κ3) is 2.21. The Morgan fingerprint density at radius 2 is 2.00 bits per heavy atom. The predicted octanol–water partition coefficient (Wildman–Crippen LogP) is 4.08. The lowest BCUT2D eigenvalue weighted by molar-refractivity contribution is 0.402. The lowest BCUT2D eigenvalue weighted by Gasteiger charge is -2.16. The van der Waals surface area contributed by atoms with Gasteiger partial charge in [-0.15, -0.1) is 0 Å². The largest absolute Gasteiger partial charge is 0.497 e. The number of aromatic nitrogens is 1. The number of methoxy groups -OCH3 is 2. The molecule has 3 heteroatoms. The molecule has 1 aromatic heterocycles. The van der Waals surface area contributed by atoms with Crippen LogP contribution in [0.25, 0.3) is 10.9 Å². The van der Waals surface area contributed by atoms with Crippen molar-refractivity contribution in [2.45, 2.75) is 38.5 Å². The minimum absolute atomic E-state index is 0.590. The summed E-state index contributed by atoms with van der Waals surface area (Å²) < 4.78 is 11.1. The van der Waals surface area contributed by atoms with Gasteiger partial charge < -0.3 is 9.47 Å². The molecule has 1 heterocycles. The van der Waals surface area contributed by atoms with Gasteiger partial charge >= 0.3 is 0 Å². The van der Waals surface area contributed by atoms with Gasteiger partial charge in [-0.05, 0) is 37.5 Å². The lowest BCUT2D eigenvalue weighted by Crippen LogP contribution is -2.01. The highest BCUT2D eigenvalue weighted by molar-refractivity contribution is 5.86. The van der Waals surface area contributed by atoms with Crippen molar-refractivity contribution in [2.24, 2.45) is 0 Å². The fourth-order valence-electron chi connectivity index (χ4n) is 2.80. The summed E-state index contributed by atoms with van der Waals surface area (Å²) in [6, 6.07) is 6.11. The van der Waals surface area contributed by atoms with Crippen LogP contribution in [0.4, 0.5) is 0 Å². The van der Waals surface area contributed by atoms with E-state index < -0.39 is 0 Å². The average Bonchev–Trinajstić information content (AvgIpc) is 3.31. The number of pyridine rings is 1.